The first-order valence-corrected chi connectivity index (χ1v) is 15.5. The molecule has 1 aliphatic rings. The van der Waals surface area contributed by atoms with Gasteiger partial charge in [-0.2, -0.15) is 5.10 Å². The SMILES string of the molecule is COc1ccc2cc1OCCN(C(=O)Cn1cccn1)CCCCN(C(=O)c1cc(C)nc3onc(C)c13)CCCn1ccnc1-2. The van der Waals surface area contributed by atoms with Crippen LogP contribution in [0.1, 0.15) is 41.0 Å². The van der Waals surface area contributed by atoms with E-state index in [2.05, 4.69) is 24.8 Å². The molecular formula is C33H38N8O5. The number of pyridine rings is 1. The highest BCUT2D eigenvalue weighted by atomic mass is 16.5. The molecule has 0 radical (unpaired) electrons. The number of amides is 2. The Balaban J connectivity index is 1.29. The van der Waals surface area contributed by atoms with Gasteiger partial charge in [0.05, 0.1) is 30.3 Å². The maximum atomic E-state index is 14.1. The fraction of sp³-hybridized carbons (Fsp3) is 0.394. The van der Waals surface area contributed by atoms with Crippen molar-refractivity contribution in [2.24, 2.45) is 0 Å². The first-order valence-electron chi connectivity index (χ1n) is 15.5. The average Bonchev–Trinajstić information content (AvgIpc) is 3.82. The lowest BCUT2D eigenvalue weighted by Crippen LogP contribution is -2.38. The molecule has 4 aromatic heterocycles. The van der Waals surface area contributed by atoms with Crippen molar-refractivity contribution in [2.75, 3.05) is 39.9 Å². The average molecular weight is 627 g/mol. The van der Waals surface area contributed by atoms with Crippen molar-refractivity contribution in [3.63, 3.8) is 0 Å². The Morgan fingerprint density at radius 1 is 0.957 bits per heavy atom. The summed E-state index contributed by atoms with van der Waals surface area (Å²) in [5, 5.41) is 8.90. The van der Waals surface area contributed by atoms with E-state index in [1.165, 1.54) is 0 Å². The van der Waals surface area contributed by atoms with Crippen molar-refractivity contribution in [2.45, 2.75) is 46.2 Å². The zero-order valence-corrected chi connectivity index (χ0v) is 26.4. The Morgan fingerprint density at radius 2 is 1.78 bits per heavy atom. The molecule has 6 rings (SSSR count). The first kappa shape index (κ1) is 30.8. The fourth-order valence-electron chi connectivity index (χ4n) is 5.85. The van der Waals surface area contributed by atoms with Crippen LogP contribution in [0.15, 0.2) is 59.6 Å². The molecule has 2 amide bonds. The van der Waals surface area contributed by atoms with E-state index in [1.807, 2.05) is 49.2 Å². The van der Waals surface area contributed by atoms with Crippen LogP contribution in [0.4, 0.5) is 0 Å². The van der Waals surface area contributed by atoms with Gasteiger partial charge < -0.3 is 28.4 Å². The highest BCUT2D eigenvalue weighted by Crippen LogP contribution is 2.32. The van der Waals surface area contributed by atoms with Crippen molar-refractivity contribution in [1.82, 2.24) is 39.3 Å². The van der Waals surface area contributed by atoms with Gasteiger partial charge in [0.25, 0.3) is 11.6 Å². The summed E-state index contributed by atoms with van der Waals surface area (Å²) in [6, 6.07) is 9.33. The smallest absolute Gasteiger partial charge is 0.258 e. The van der Waals surface area contributed by atoms with Crippen LogP contribution in [0.3, 0.4) is 0 Å². The number of imidazole rings is 1. The summed E-state index contributed by atoms with van der Waals surface area (Å²) in [6.45, 7) is 6.69. The van der Waals surface area contributed by atoms with Crippen LogP contribution in [0.2, 0.25) is 0 Å². The minimum atomic E-state index is -0.0922. The predicted octanol–water partition coefficient (Wildman–Crippen LogP) is 4.14. The largest absolute Gasteiger partial charge is 0.493 e. The molecule has 0 saturated heterocycles. The molecule has 1 aliphatic heterocycles. The van der Waals surface area contributed by atoms with E-state index in [1.54, 1.807) is 41.3 Å². The molecule has 1 aromatic carbocycles. The van der Waals surface area contributed by atoms with Crippen molar-refractivity contribution in [3.8, 4) is 22.9 Å². The number of carbonyl (C=O) groups excluding carboxylic acids is 2. The molecule has 0 fully saturated rings. The topological polar surface area (TPSA) is 134 Å². The van der Waals surface area contributed by atoms with Crippen molar-refractivity contribution in [3.05, 3.63) is 72.1 Å². The lowest BCUT2D eigenvalue weighted by molar-refractivity contribution is -0.132. The van der Waals surface area contributed by atoms with Crippen molar-refractivity contribution >= 4 is 22.9 Å². The van der Waals surface area contributed by atoms with Crippen LogP contribution < -0.4 is 9.47 Å². The number of aromatic nitrogens is 6. The van der Waals surface area contributed by atoms with E-state index >= 15 is 0 Å². The molecule has 46 heavy (non-hydrogen) atoms. The Hall–Kier alpha value is -5.20. The van der Waals surface area contributed by atoms with Crippen LogP contribution in [0, 0.1) is 13.8 Å². The van der Waals surface area contributed by atoms with Crippen LogP contribution in [-0.4, -0.2) is 91.0 Å². The molecule has 0 N–H and O–H groups in total. The molecule has 5 heterocycles. The van der Waals surface area contributed by atoms with Gasteiger partial charge in [0, 0.05) is 62.2 Å². The van der Waals surface area contributed by atoms with Gasteiger partial charge >= 0.3 is 0 Å². The highest BCUT2D eigenvalue weighted by Gasteiger charge is 2.23. The molecule has 2 bridgehead atoms. The number of nitrogens with zero attached hydrogens (tertiary/aromatic N) is 8. The lowest BCUT2D eigenvalue weighted by atomic mass is 10.1. The second kappa shape index (κ2) is 13.8. The maximum absolute atomic E-state index is 14.1. The summed E-state index contributed by atoms with van der Waals surface area (Å²) in [7, 11) is 1.61. The summed E-state index contributed by atoms with van der Waals surface area (Å²) in [4.78, 5) is 40.2. The molecule has 5 aromatic rings. The third-order valence-electron chi connectivity index (χ3n) is 8.16. The van der Waals surface area contributed by atoms with Gasteiger partial charge in [0.15, 0.2) is 11.5 Å². The summed E-state index contributed by atoms with van der Waals surface area (Å²) in [5.41, 5.74) is 3.10. The number of hydrogen-bond acceptors (Lipinski definition) is 9. The first-order chi connectivity index (χ1) is 22.4. The van der Waals surface area contributed by atoms with Gasteiger partial charge in [-0.3, -0.25) is 14.3 Å². The number of fused-ring (bicyclic) bond motifs is 5. The highest BCUT2D eigenvalue weighted by molar-refractivity contribution is 6.06. The standard InChI is InChI=1S/C33H38N8O5/c1-23-20-26(30-24(2)37-46-32(30)36-23)33(43)40-13-5-4-12-38(29(42)22-41-16-6-10-35-41)18-19-45-28-21-25(8-9-27(28)44-3)31-34-11-17-39(31)14-7-15-40/h6,8-11,16-17,20-21H,4-5,7,12-15,18-19,22H2,1-3H3. The Bertz CT molecular complexity index is 1810. The zero-order chi connectivity index (χ0) is 32.0. The van der Waals surface area contributed by atoms with E-state index in [0.29, 0.717) is 91.5 Å². The van der Waals surface area contributed by atoms with Crippen LogP contribution >= 0.6 is 0 Å². The number of carbonyl (C=O) groups is 2. The quantitative estimate of drug-likeness (QED) is 0.289. The van der Waals surface area contributed by atoms with Crippen molar-refractivity contribution in [1.29, 1.82) is 0 Å². The molecule has 0 saturated carbocycles. The molecule has 0 spiro atoms. The molecule has 13 nitrogen and oxygen atoms in total. The summed E-state index contributed by atoms with van der Waals surface area (Å²) in [6.07, 6.45) is 9.26. The van der Waals surface area contributed by atoms with E-state index < -0.39 is 0 Å². The number of hydrogen-bond donors (Lipinski definition) is 0. The van der Waals surface area contributed by atoms with Gasteiger partial charge in [-0.25, -0.2) is 9.97 Å². The molecule has 0 atom stereocenters. The van der Waals surface area contributed by atoms with E-state index in [-0.39, 0.29) is 25.0 Å². The van der Waals surface area contributed by atoms with E-state index in [9.17, 15) is 9.59 Å². The second-order valence-electron chi connectivity index (χ2n) is 11.4. The van der Waals surface area contributed by atoms with E-state index in [0.717, 1.165) is 11.4 Å². The predicted molar refractivity (Wildman–Crippen MR) is 170 cm³/mol. The number of ether oxygens (including phenoxy) is 2. The molecule has 240 valence electrons. The minimum absolute atomic E-state index is 0.0570. The fourth-order valence-corrected chi connectivity index (χ4v) is 5.85. The Morgan fingerprint density at radius 3 is 2.59 bits per heavy atom. The van der Waals surface area contributed by atoms with Crippen molar-refractivity contribution < 1.29 is 23.6 Å². The molecule has 0 aliphatic carbocycles. The van der Waals surface area contributed by atoms with Gasteiger partial charge in [-0.15, -0.1) is 0 Å². The zero-order valence-electron chi connectivity index (χ0n) is 26.4. The number of benzene rings is 1. The minimum Gasteiger partial charge on any atom is -0.493 e. The Kier molecular flexibility index (Phi) is 9.27. The second-order valence-corrected chi connectivity index (χ2v) is 11.4. The van der Waals surface area contributed by atoms with Gasteiger partial charge in [0.1, 0.15) is 19.0 Å². The normalized spacial score (nSPS) is 14.8. The Labute approximate surface area is 266 Å². The van der Waals surface area contributed by atoms with Gasteiger partial charge in [-0.1, -0.05) is 5.16 Å². The lowest BCUT2D eigenvalue weighted by Gasteiger charge is -2.25. The number of aryl methyl sites for hydroxylation is 3. The van der Waals surface area contributed by atoms with Crippen LogP contribution in [0.25, 0.3) is 22.5 Å². The summed E-state index contributed by atoms with van der Waals surface area (Å²) in [5.74, 6) is 1.83. The molecule has 13 heteroatoms. The summed E-state index contributed by atoms with van der Waals surface area (Å²) < 4.78 is 20.9. The number of methoxy groups -OCH3 is 1. The van der Waals surface area contributed by atoms with Crippen LogP contribution in [0.5, 0.6) is 11.5 Å². The van der Waals surface area contributed by atoms with Crippen LogP contribution in [-0.2, 0) is 17.9 Å². The monoisotopic (exact) mass is 626 g/mol. The third kappa shape index (κ3) is 6.72. The molecular weight excluding hydrogens is 588 g/mol. The van der Waals surface area contributed by atoms with Gasteiger partial charge in [0.2, 0.25) is 5.91 Å². The third-order valence-corrected chi connectivity index (χ3v) is 8.16. The van der Waals surface area contributed by atoms with Gasteiger partial charge in [-0.05, 0) is 63.4 Å². The molecule has 0 unspecified atom stereocenters. The summed E-state index contributed by atoms with van der Waals surface area (Å²) >= 11 is 0. The van der Waals surface area contributed by atoms with E-state index in [4.69, 9.17) is 14.0 Å². The maximum Gasteiger partial charge on any atom is 0.258 e. The number of rotatable bonds is 4.